The molecule has 0 heterocycles. The fraction of sp³-hybridized carbons (Fsp3) is 0.0769. The first-order chi connectivity index (χ1) is 6.77. The highest BCUT2D eigenvalue weighted by Gasteiger charge is 1.99. The highest BCUT2D eigenvalue weighted by Crippen LogP contribution is 2.17. The molecule has 1 heteroatoms. The van der Waals surface area contributed by atoms with Gasteiger partial charge in [-0.2, -0.15) is 0 Å². The second-order valence-electron chi connectivity index (χ2n) is 3.46. The zero-order valence-corrected chi connectivity index (χ0v) is 8.20. The zero-order chi connectivity index (χ0) is 9.97. The molecule has 0 aromatic heterocycles. The minimum absolute atomic E-state index is 0.835. The topological polar surface area (TPSA) is 0 Å². The van der Waals surface area contributed by atoms with Crippen molar-refractivity contribution in [2.24, 2.45) is 0 Å². The van der Waals surface area contributed by atoms with Crippen molar-refractivity contribution < 1.29 is 0 Å². The van der Waals surface area contributed by atoms with E-state index in [0.29, 0.717) is 0 Å². The van der Waals surface area contributed by atoms with E-state index < -0.39 is 0 Å². The van der Waals surface area contributed by atoms with Gasteiger partial charge in [-0.25, -0.2) is 0 Å². The first kappa shape index (κ1) is 9.08. The van der Waals surface area contributed by atoms with Crippen molar-refractivity contribution in [1.29, 1.82) is 0 Å². The summed E-state index contributed by atoms with van der Waals surface area (Å²) in [6.45, 7) is 2.08. The van der Waals surface area contributed by atoms with Gasteiger partial charge in [0.2, 0.25) is 0 Å². The lowest BCUT2D eigenvalue weighted by Crippen LogP contribution is -2.06. The summed E-state index contributed by atoms with van der Waals surface area (Å²) in [6, 6.07) is 16.3. The van der Waals surface area contributed by atoms with E-state index in [1.54, 1.807) is 0 Å². The van der Waals surface area contributed by atoms with E-state index in [4.69, 9.17) is 7.85 Å². The number of hydrogen-bond donors (Lipinski definition) is 0. The smallest absolute Gasteiger partial charge is 0.0890 e. The van der Waals surface area contributed by atoms with Gasteiger partial charge < -0.3 is 0 Å². The molecule has 2 aromatic carbocycles. The van der Waals surface area contributed by atoms with Crippen LogP contribution in [0.2, 0.25) is 0 Å². The van der Waals surface area contributed by atoms with Crippen LogP contribution in [0.25, 0.3) is 11.1 Å². The third-order valence-electron chi connectivity index (χ3n) is 2.29. The average Bonchev–Trinajstić information content (AvgIpc) is 2.23. The molecular formula is C13H11B. The van der Waals surface area contributed by atoms with E-state index in [9.17, 15) is 0 Å². The largest absolute Gasteiger partial charge is 0.114 e. The Bertz CT molecular complexity index is 432. The Hall–Kier alpha value is -1.50. The Kier molecular flexibility index (Phi) is 2.40. The van der Waals surface area contributed by atoms with Crippen LogP contribution < -0.4 is 5.46 Å². The van der Waals surface area contributed by atoms with Crippen LogP contribution in [0.15, 0.2) is 48.5 Å². The van der Waals surface area contributed by atoms with Crippen LogP contribution in [0.3, 0.4) is 0 Å². The lowest BCUT2D eigenvalue weighted by Gasteiger charge is -2.07. The maximum atomic E-state index is 5.92. The van der Waals surface area contributed by atoms with Crippen molar-refractivity contribution in [3.63, 3.8) is 0 Å². The minimum Gasteiger partial charge on any atom is -0.0890 e. The number of aryl methyl sites for hydroxylation is 1. The molecule has 2 rings (SSSR count). The molecule has 2 aromatic rings. The number of rotatable bonds is 1. The van der Waals surface area contributed by atoms with Crippen LogP contribution in [-0.2, 0) is 0 Å². The van der Waals surface area contributed by atoms with Gasteiger partial charge in [-0.15, -0.1) is 0 Å². The molecule has 0 spiro atoms. The second-order valence-corrected chi connectivity index (χ2v) is 3.46. The fourth-order valence-corrected chi connectivity index (χ4v) is 1.54. The predicted octanol–water partition coefficient (Wildman–Crippen LogP) is 2.46. The first-order valence-corrected chi connectivity index (χ1v) is 4.69. The lowest BCUT2D eigenvalue weighted by atomic mass is 9.86. The lowest BCUT2D eigenvalue weighted by molar-refractivity contribution is 1.48. The molecule has 0 aliphatic carbocycles. The highest BCUT2D eigenvalue weighted by molar-refractivity contribution is 6.35. The summed E-state index contributed by atoms with van der Waals surface area (Å²) in [5.74, 6) is 0. The third kappa shape index (κ3) is 1.72. The normalized spacial score (nSPS) is 10.1. The van der Waals surface area contributed by atoms with Crippen molar-refractivity contribution in [2.75, 3.05) is 0 Å². The van der Waals surface area contributed by atoms with Gasteiger partial charge in [0.1, 0.15) is 7.85 Å². The summed E-state index contributed by atoms with van der Waals surface area (Å²) >= 11 is 0. The van der Waals surface area contributed by atoms with Crippen molar-refractivity contribution >= 4 is 13.3 Å². The van der Waals surface area contributed by atoms with Gasteiger partial charge in [-0.1, -0.05) is 59.6 Å². The SMILES string of the molecule is [B]c1ccc(C)cc1-c1ccccc1. The van der Waals surface area contributed by atoms with Crippen molar-refractivity contribution in [1.82, 2.24) is 0 Å². The maximum absolute atomic E-state index is 5.92. The molecule has 0 saturated carbocycles. The van der Waals surface area contributed by atoms with E-state index in [-0.39, 0.29) is 0 Å². The second kappa shape index (κ2) is 3.71. The molecule has 0 atom stereocenters. The van der Waals surface area contributed by atoms with Crippen LogP contribution in [0.1, 0.15) is 5.56 Å². The highest BCUT2D eigenvalue weighted by atomic mass is 14.0. The van der Waals surface area contributed by atoms with Crippen molar-refractivity contribution in [3.8, 4) is 11.1 Å². The Morgan fingerprint density at radius 3 is 2.36 bits per heavy atom. The standard InChI is InChI=1S/C13H11B/c1-10-7-8-13(14)12(9-10)11-5-3-2-4-6-11/h2-9H,1H3. The molecule has 0 bridgehead atoms. The fourth-order valence-electron chi connectivity index (χ4n) is 1.54. The van der Waals surface area contributed by atoms with Crippen molar-refractivity contribution in [3.05, 3.63) is 54.1 Å². The average molecular weight is 178 g/mol. The minimum atomic E-state index is 0.835. The Balaban J connectivity index is 2.57. The summed E-state index contributed by atoms with van der Waals surface area (Å²) in [7, 11) is 5.92. The molecule has 0 N–H and O–H groups in total. The Morgan fingerprint density at radius 1 is 0.929 bits per heavy atom. The van der Waals surface area contributed by atoms with Crippen LogP contribution in [0, 0.1) is 6.92 Å². The summed E-state index contributed by atoms with van der Waals surface area (Å²) in [4.78, 5) is 0. The molecule has 2 radical (unpaired) electrons. The zero-order valence-electron chi connectivity index (χ0n) is 8.20. The first-order valence-electron chi connectivity index (χ1n) is 4.69. The molecule has 0 amide bonds. The summed E-state index contributed by atoms with van der Waals surface area (Å²) in [5.41, 5.74) is 4.36. The van der Waals surface area contributed by atoms with Gasteiger partial charge >= 0.3 is 0 Å². The maximum Gasteiger partial charge on any atom is 0.114 e. The summed E-state index contributed by atoms with van der Waals surface area (Å²) in [5, 5.41) is 0. The molecule has 0 nitrogen and oxygen atoms in total. The number of hydrogen-bond acceptors (Lipinski definition) is 0. The van der Waals surface area contributed by atoms with Gasteiger partial charge in [0, 0.05) is 0 Å². The molecule has 0 aliphatic rings. The third-order valence-corrected chi connectivity index (χ3v) is 2.29. The van der Waals surface area contributed by atoms with E-state index in [1.807, 2.05) is 30.3 Å². The molecular weight excluding hydrogens is 167 g/mol. The van der Waals surface area contributed by atoms with Gasteiger partial charge in [-0.05, 0) is 18.1 Å². The Labute approximate surface area is 86.0 Å². The van der Waals surface area contributed by atoms with Crippen LogP contribution in [0.5, 0.6) is 0 Å². The number of benzene rings is 2. The summed E-state index contributed by atoms with van der Waals surface area (Å²) < 4.78 is 0. The molecule has 0 aliphatic heterocycles. The van der Waals surface area contributed by atoms with Crippen LogP contribution in [0.4, 0.5) is 0 Å². The van der Waals surface area contributed by atoms with Gasteiger partial charge in [-0.3, -0.25) is 0 Å². The summed E-state index contributed by atoms with van der Waals surface area (Å²) in [6.07, 6.45) is 0. The van der Waals surface area contributed by atoms with Crippen molar-refractivity contribution in [2.45, 2.75) is 6.92 Å². The van der Waals surface area contributed by atoms with Crippen LogP contribution >= 0.6 is 0 Å². The molecule has 14 heavy (non-hydrogen) atoms. The molecule has 0 saturated heterocycles. The Morgan fingerprint density at radius 2 is 1.64 bits per heavy atom. The quantitative estimate of drug-likeness (QED) is 0.588. The molecule has 0 unspecified atom stereocenters. The molecule has 0 fully saturated rings. The van der Waals surface area contributed by atoms with E-state index in [0.717, 1.165) is 11.0 Å². The predicted molar refractivity (Wildman–Crippen MR) is 62.0 cm³/mol. The van der Waals surface area contributed by atoms with E-state index in [2.05, 4.69) is 25.1 Å². The van der Waals surface area contributed by atoms with Gasteiger partial charge in [0.25, 0.3) is 0 Å². The van der Waals surface area contributed by atoms with E-state index >= 15 is 0 Å². The van der Waals surface area contributed by atoms with Crippen LogP contribution in [-0.4, -0.2) is 7.85 Å². The van der Waals surface area contributed by atoms with Gasteiger partial charge in [0.15, 0.2) is 0 Å². The monoisotopic (exact) mass is 178 g/mol. The van der Waals surface area contributed by atoms with E-state index in [1.165, 1.54) is 11.1 Å². The van der Waals surface area contributed by atoms with Gasteiger partial charge in [0.05, 0.1) is 0 Å². The molecule has 66 valence electrons.